The first-order chi connectivity index (χ1) is 20.0. The number of benzene rings is 3. The number of nitrogens with two attached hydrogens (primary N) is 1. The first kappa shape index (κ1) is 28.6. The third kappa shape index (κ3) is 7.24. The van der Waals surface area contributed by atoms with Gasteiger partial charge in [-0.05, 0) is 73.7 Å². The van der Waals surface area contributed by atoms with E-state index in [1.807, 2.05) is 18.2 Å². The normalized spacial score (nSPS) is 12.7. The Kier molecular flexibility index (Phi) is 9.50. The topological polar surface area (TPSA) is 55.0 Å². The first-order valence-electron chi connectivity index (χ1n) is 14.7. The van der Waals surface area contributed by atoms with Gasteiger partial charge in [-0.25, -0.2) is 4.39 Å². The van der Waals surface area contributed by atoms with Gasteiger partial charge in [-0.15, -0.1) is 0 Å². The molecular formula is C36H41FN4. The minimum absolute atomic E-state index is 0.160. The number of unbranched alkanes of at least 4 members (excludes halogenated alkanes) is 3. The Balaban J connectivity index is 1.37. The number of hydrogen-bond donors (Lipinski definition) is 3. The van der Waals surface area contributed by atoms with Crippen LogP contribution in [0.15, 0.2) is 78.9 Å². The molecule has 0 saturated carbocycles. The zero-order valence-corrected chi connectivity index (χ0v) is 24.1. The van der Waals surface area contributed by atoms with Gasteiger partial charge in [-0.3, -0.25) is 0 Å². The maximum atomic E-state index is 15.0. The van der Waals surface area contributed by atoms with E-state index in [0.717, 1.165) is 84.0 Å². The Hall–Kier alpha value is -3.93. The molecule has 1 aromatic heterocycles. The monoisotopic (exact) mass is 548 g/mol. The van der Waals surface area contributed by atoms with Gasteiger partial charge in [0.1, 0.15) is 5.82 Å². The molecule has 0 radical (unpaired) electrons. The molecule has 5 rings (SSSR count). The molecule has 212 valence electrons. The van der Waals surface area contributed by atoms with Crippen LogP contribution in [0.5, 0.6) is 0 Å². The average molecular weight is 549 g/mol. The van der Waals surface area contributed by atoms with Crippen molar-refractivity contribution in [2.45, 2.75) is 52.0 Å². The number of nitrogens with zero attached hydrogens (tertiary/aromatic N) is 1. The molecule has 4 aromatic rings. The molecule has 4 N–H and O–H groups in total. The summed E-state index contributed by atoms with van der Waals surface area (Å²) in [4.78, 5) is 0. The van der Waals surface area contributed by atoms with Crippen LogP contribution >= 0.6 is 0 Å². The lowest BCUT2D eigenvalue weighted by molar-refractivity contribution is 0.563. The van der Waals surface area contributed by atoms with Crippen LogP contribution < -0.4 is 27.1 Å². The van der Waals surface area contributed by atoms with E-state index in [0.29, 0.717) is 18.5 Å². The minimum atomic E-state index is -0.160. The molecule has 0 unspecified atom stereocenters. The van der Waals surface area contributed by atoms with E-state index in [9.17, 15) is 0 Å². The highest BCUT2D eigenvalue weighted by atomic mass is 19.1. The number of rotatable bonds is 13. The second-order valence-electron chi connectivity index (χ2n) is 11.0. The van der Waals surface area contributed by atoms with Crippen molar-refractivity contribution in [3.05, 3.63) is 129 Å². The molecule has 0 saturated heterocycles. The van der Waals surface area contributed by atoms with Gasteiger partial charge in [-0.2, -0.15) is 0 Å². The molecule has 41 heavy (non-hydrogen) atoms. The Morgan fingerprint density at radius 1 is 0.854 bits per heavy atom. The first-order valence-corrected chi connectivity index (χ1v) is 14.7. The average Bonchev–Trinajstić information content (AvgIpc) is 3.29. The van der Waals surface area contributed by atoms with E-state index in [4.69, 9.17) is 5.73 Å². The standard InChI is InChI=1S/C36H41FN4/c1-26-12-15-30(16-13-26)35-25-41-27(2)32(23-36(41)34(40-35)22-28-10-6-5-7-11-28)20-29-14-17-31(33(37)21-29)24-39-19-9-4-3-8-18-38/h5-7,10-17,21,23,25,39-40H,2-4,8-9,18-20,22,24,38H2,1H3. The Bertz CT molecular complexity index is 1600. The van der Waals surface area contributed by atoms with Gasteiger partial charge in [-0.1, -0.05) is 91.7 Å². The summed E-state index contributed by atoms with van der Waals surface area (Å²) in [7, 11) is 0. The fraction of sp³-hybridized carbons (Fsp3) is 0.278. The molecule has 1 aliphatic heterocycles. The van der Waals surface area contributed by atoms with E-state index in [-0.39, 0.29) is 5.82 Å². The lowest BCUT2D eigenvalue weighted by Crippen LogP contribution is -2.34. The number of aryl methyl sites for hydroxylation is 1. The number of halogens is 1. The predicted octanol–water partition coefficient (Wildman–Crippen LogP) is 5.46. The van der Waals surface area contributed by atoms with Gasteiger partial charge in [0.25, 0.3) is 0 Å². The van der Waals surface area contributed by atoms with Crippen LogP contribution in [0.3, 0.4) is 0 Å². The fourth-order valence-corrected chi connectivity index (χ4v) is 5.39. The zero-order chi connectivity index (χ0) is 28.6. The zero-order valence-electron chi connectivity index (χ0n) is 24.1. The van der Waals surface area contributed by atoms with Crippen LogP contribution in [0.1, 0.15) is 59.1 Å². The number of hydrogen-bond acceptors (Lipinski definition) is 3. The highest BCUT2D eigenvalue weighted by molar-refractivity contribution is 5.81. The highest BCUT2D eigenvalue weighted by Gasteiger charge is 2.16. The van der Waals surface area contributed by atoms with Crippen molar-refractivity contribution >= 4 is 24.2 Å². The summed E-state index contributed by atoms with van der Waals surface area (Å²) in [5.41, 5.74) is 14.1. The van der Waals surface area contributed by atoms with Crippen molar-refractivity contribution in [1.29, 1.82) is 0 Å². The molecule has 0 bridgehead atoms. The molecule has 3 aromatic carbocycles. The lowest BCUT2D eigenvalue weighted by atomic mass is 10.0. The summed E-state index contributed by atoms with van der Waals surface area (Å²) in [6.07, 6.45) is 8.00. The highest BCUT2D eigenvalue weighted by Crippen LogP contribution is 2.20. The summed E-state index contributed by atoms with van der Waals surface area (Å²) in [6, 6.07) is 26.9. The Labute approximate surface area is 243 Å². The largest absolute Gasteiger partial charge is 0.355 e. The van der Waals surface area contributed by atoms with Crippen LogP contribution in [0.25, 0.3) is 24.2 Å². The van der Waals surface area contributed by atoms with Gasteiger partial charge in [0.15, 0.2) is 0 Å². The van der Waals surface area contributed by atoms with Crippen LogP contribution in [-0.4, -0.2) is 17.7 Å². The maximum absolute atomic E-state index is 15.0. The number of aromatic nitrogens is 1. The van der Waals surface area contributed by atoms with E-state index in [1.165, 1.54) is 11.1 Å². The van der Waals surface area contributed by atoms with Crippen molar-refractivity contribution in [3.8, 4) is 0 Å². The molecule has 0 fully saturated rings. The number of fused-ring (bicyclic) bond motifs is 1. The lowest BCUT2D eigenvalue weighted by Gasteiger charge is -2.20. The second-order valence-corrected chi connectivity index (χ2v) is 11.0. The molecule has 2 heterocycles. The summed E-state index contributed by atoms with van der Waals surface area (Å²) >= 11 is 0. The van der Waals surface area contributed by atoms with Crippen molar-refractivity contribution < 1.29 is 4.39 Å². The molecule has 0 spiro atoms. The van der Waals surface area contributed by atoms with Crippen LogP contribution in [0, 0.1) is 12.7 Å². The SMILES string of the molecule is C=c1c(Cc2ccc(CNCCCCCCN)c(F)c2)cc2n1C=C(c1ccc(C)cc1)NC=2Cc1ccccc1. The van der Waals surface area contributed by atoms with Gasteiger partial charge in [0, 0.05) is 35.8 Å². The molecule has 4 nitrogen and oxygen atoms in total. The van der Waals surface area contributed by atoms with Crippen molar-refractivity contribution in [2.24, 2.45) is 5.73 Å². The van der Waals surface area contributed by atoms with Gasteiger partial charge < -0.3 is 20.9 Å². The predicted molar refractivity (Wildman–Crippen MR) is 170 cm³/mol. The third-order valence-corrected chi connectivity index (χ3v) is 7.81. The van der Waals surface area contributed by atoms with Crippen LogP contribution in [0.2, 0.25) is 0 Å². The molecular weight excluding hydrogens is 507 g/mol. The van der Waals surface area contributed by atoms with E-state index in [2.05, 4.69) is 89.5 Å². The molecule has 0 amide bonds. The minimum Gasteiger partial charge on any atom is -0.355 e. The smallest absolute Gasteiger partial charge is 0.127 e. The quantitative estimate of drug-likeness (QED) is 0.195. The van der Waals surface area contributed by atoms with Gasteiger partial charge in [0.05, 0.1) is 11.0 Å². The molecule has 0 aliphatic carbocycles. The molecule has 1 aliphatic rings. The maximum Gasteiger partial charge on any atom is 0.127 e. The van der Waals surface area contributed by atoms with E-state index in [1.54, 1.807) is 6.07 Å². The Morgan fingerprint density at radius 3 is 2.39 bits per heavy atom. The van der Waals surface area contributed by atoms with Crippen molar-refractivity contribution in [2.75, 3.05) is 13.1 Å². The summed E-state index contributed by atoms with van der Waals surface area (Å²) < 4.78 is 17.2. The fourth-order valence-electron chi connectivity index (χ4n) is 5.39. The number of nitrogens with one attached hydrogen (secondary N) is 2. The summed E-state index contributed by atoms with van der Waals surface area (Å²) in [6.45, 7) is 8.74. The van der Waals surface area contributed by atoms with Crippen molar-refractivity contribution in [1.82, 2.24) is 15.2 Å². The van der Waals surface area contributed by atoms with Crippen LogP contribution in [-0.2, 0) is 19.4 Å². The second kappa shape index (κ2) is 13.6. The molecule has 5 heteroatoms. The summed E-state index contributed by atoms with van der Waals surface area (Å²) in [5, 5.41) is 9.11. The van der Waals surface area contributed by atoms with Gasteiger partial charge in [0.2, 0.25) is 0 Å². The third-order valence-electron chi connectivity index (χ3n) is 7.81. The Morgan fingerprint density at radius 2 is 1.63 bits per heavy atom. The van der Waals surface area contributed by atoms with Gasteiger partial charge >= 0.3 is 0 Å². The van der Waals surface area contributed by atoms with E-state index >= 15 is 4.39 Å². The van der Waals surface area contributed by atoms with Crippen molar-refractivity contribution in [3.63, 3.8) is 0 Å². The molecule has 0 atom stereocenters. The van der Waals surface area contributed by atoms with E-state index < -0.39 is 0 Å². The summed E-state index contributed by atoms with van der Waals surface area (Å²) in [5.74, 6) is -0.160. The van der Waals surface area contributed by atoms with Crippen LogP contribution in [0.4, 0.5) is 4.39 Å².